The Kier molecular flexibility index (Phi) is 10.1. The van der Waals surface area contributed by atoms with E-state index in [1.165, 1.54) is 22.1 Å². The molecule has 0 spiro atoms. The van der Waals surface area contributed by atoms with E-state index in [0.29, 0.717) is 38.8 Å². The number of urea groups is 1. The van der Waals surface area contributed by atoms with Gasteiger partial charge in [-0.1, -0.05) is 129 Å². The van der Waals surface area contributed by atoms with Crippen LogP contribution in [0.5, 0.6) is 0 Å². The van der Waals surface area contributed by atoms with Gasteiger partial charge in [0, 0.05) is 16.8 Å². The largest absolute Gasteiger partial charge is 0.403 e. The summed E-state index contributed by atoms with van der Waals surface area (Å²) in [4.78, 5) is 27.0. The summed E-state index contributed by atoms with van der Waals surface area (Å²) in [6, 6.07) is 34.0. The van der Waals surface area contributed by atoms with Gasteiger partial charge < -0.3 is 4.43 Å². The molecule has 1 unspecified atom stereocenters. The molecule has 2 amide bonds. The molecule has 1 aliphatic heterocycles. The van der Waals surface area contributed by atoms with Crippen LogP contribution < -0.4 is 20.2 Å². The van der Waals surface area contributed by atoms with E-state index in [-0.39, 0.29) is 24.1 Å². The molecule has 0 fully saturated rings. The molecule has 0 N–H and O–H groups in total. The third-order valence-electron chi connectivity index (χ3n) is 8.05. The summed E-state index contributed by atoms with van der Waals surface area (Å²) >= 11 is 14.2. The number of hydrogen-bond donors (Lipinski definition) is 0. The second-order valence-electron chi connectivity index (χ2n) is 12.4. The normalized spacial score (nSPS) is 14.0. The molecule has 1 atom stereocenters. The molecule has 0 bridgehead atoms. The van der Waals surface area contributed by atoms with Crippen molar-refractivity contribution in [1.82, 2.24) is 9.97 Å². The van der Waals surface area contributed by atoms with Gasteiger partial charge in [0.1, 0.15) is 0 Å². The molecular weight excluding hydrogens is 663 g/mol. The average Bonchev–Trinajstić information content (AvgIpc) is 3.07. The molecule has 6 nitrogen and oxygen atoms in total. The predicted octanol–water partition coefficient (Wildman–Crippen LogP) is 8.56. The Morgan fingerprint density at radius 2 is 1.60 bits per heavy atom. The zero-order valence-corrected chi connectivity index (χ0v) is 30.0. The minimum absolute atomic E-state index is 0.105. The maximum atomic E-state index is 14.4. The number of benzene rings is 4. The summed E-state index contributed by atoms with van der Waals surface area (Å²) in [5, 5.41) is 3.89. The Morgan fingerprint density at radius 1 is 0.915 bits per heavy atom. The lowest BCUT2D eigenvalue weighted by molar-refractivity contribution is 0.0897. The van der Waals surface area contributed by atoms with Crippen LogP contribution in [0.4, 0.5) is 22.0 Å². The Bertz CT molecular complexity index is 1830. The number of fused-ring (bicyclic) bond motifs is 1. The number of anilines is 3. The second kappa shape index (κ2) is 14.2. The van der Waals surface area contributed by atoms with Crippen LogP contribution in [0, 0.1) is 5.41 Å². The zero-order valence-electron chi connectivity index (χ0n) is 26.7. The van der Waals surface area contributed by atoms with E-state index in [4.69, 9.17) is 32.6 Å². The first-order valence-electron chi connectivity index (χ1n) is 15.3. The van der Waals surface area contributed by atoms with E-state index in [1.54, 1.807) is 34.2 Å². The first-order chi connectivity index (χ1) is 22.6. The summed E-state index contributed by atoms with van der Waals surface area (Å²) in [6.45, 7) is 6.94. The van der Waals surface area contributed by atoms with Crippen molar-refractivity contribution in [3.05, 3.63) is 130 Å². The van der Waals surface area contributed by atoms with Gasteiger partial charge in [-0.05, 0) is 64.4 Å². The number of carbonyl (C=O) groups excluding carboxylic acids is 1. The molecule has 1 radical (unpaired) electrons. The van der Waals surface area contributed by atoms with Gasteiger partial charge in [0.05, 0.1) is 29.0 Å². The number of rotatable bonds is 9. The van der Waals surface area contributed by atoms with Crippen molar-refractivity contribution in [3.8, 4) is 0 Å². The number of nitrogens with zero attached hydrogens (tertiary/aromatic N) is 4. The van der Waals surface area contributed by atoms with Crippen molar-refractivity contribution >= 4 is 77.6 Å². The van der Waals surface area contributed by atoms with E-state index in [0.717, 1.165) is 11.1 Å². The number of amides is 2. The maximum absolute atomic E-state index is 14.4. The third-order valence-corrected chi connectivity index (χ3v) is 11.4. The van der Waals surface area contributed by atoms with Gasteiger partial charge in [0.15, 0.2) is 11.0 Å². The first-order valence-corrected chi connectivity index (χ1v) is 18.7. The van der Waals surface area contributed by atoms with Crippen molar-refractivity contribution in [2.24, 2.45) is 5.41 Å². The quantitative estimate of drug-likeness (QED) is 0.0878. The number of aromatic nitrogens is 2. The molecule has 4 aromatic carbocycles. The monoisotopic (exact) mass is 697 g/mol. The summed E-state index contributed by atoms with van der Waals surface area (Å²) in [5.74, 6) is 0.565. The van der Waals surface area contributed by atoms with Gasteiger partial charge in [-0.3, -0.25) is 4.90 Å². The fourth-order valence-corrected chi connectivity index (χ4v) is 8.70. The molecular formula is C37H35Cl2N4O2SSi. The molecule has 10 heteroatoms. The molecule has 239 valence electrons. The highest BCUT2D eigenvalue weighted by Crippen LogP contribution is 2.39. The first kappa shape index (κ1) is 33.2. The van der Waals surface area contributed by atoms with Gasteiger partial charge in [-0.15, -0.1) is 0 Å². The molecule has 2 heterocycles. The zero-order chi connectivity index (χ0) is 33.1. The standard InChI is InChI=1S/C37H35Cl2N4O2SSi/c1-37(2,3)33(45-47(29-14-7-5-8-15-29)30-16-9-6-10-17-30)21-25-12-11-13-28(20-25)43-34-26(23-40-35(41-34)46-4)24-42(36(43)44)32-19-18-27(38)22-31(32)39/h5-20,22-23,33H,21,24H2,1-4H3. The summed E-state index contributed by atoms with van der Waals surface area (Å²) in [6.07, 6.45) is 4.26. The van der Waals surface area contributed by atoms with Crippen molar-refractivity contribution in [2.45, 2.75) is 45.0 Å². The molecule has 0 saturated heterocycles. The van der Waals surface area contributed by atoms with Crippen LogP contribution in [-0.2, 0) is 17.4 Å². The molecule has 0 saturated carbocycles. The molecule has 6 rings (SSSR count). The van der Waals surface area contributed by atoms with Gasteiger partial charge in [0.25, 0.3) is 9.04 Å². The Morgan fingerprint density at radius 3 is 2.21 bits per heavy atom. The lowest BCUT2D eigenvalue weighted by atomic mass is 9.85. The van der Waals surface area contributed by atoms with Crippen molar-refractivity contribution in [2.75, 3.05) is 16.1 Å². The van der Waals surface area contributed by atoms with E-state index < -0.39 is 9.04 Å². The molecule has 5 aromatic rings. The number of hydrogen-bond acceptors (Lipinski definition) is 5. The molecule has 1 aliphatic rings. The van der Waals surface area contributed by atoms with E-state index >= 15 is 0 Å². The Balaban J connectivity index is 1.37. The molecule has 47 heavy (non-hydrogen) atoms. The highest BCUT2D eigenvalue weighted by Gasteiger charge is 2.36. The van der Waals surface area contributed by atoms with Crippen molar-refractivity contribution in [1.29, 1.82) is 0 Å². The van der Waals surface area contributed by atoms with Crippen LogP contribution in [-0.4, -0.2) is 37.4 Å². The number of thioether (sulfide) groups is 1. The summed E-state index contributed by atoms with van der Waals surface area (Å²) in [7, 11) is -1.54. The molecule has 0 aliphatic carbocycles. The Labute approximate surface area is 292 Å². The van der Waals surface area contributed by atoms with Gasteiger partial charge in [-0.25, -0.2) is 19.7 Å². The van der Waals surface area contributed by atoms with E-state index in [2.05, 4.69) is 86.4 Å². The third kappa shape index (κ3) is 7.42. The fraction of sp³-hybridized carbons (Fsp3) is 0.216. The fourth-order valence-electron chi connectivity index (χ4n) is 5.54. The Hall–Kier alpha value is -3.66. The van der Waals surface area contributed by atoms with E-state index in [1.807, 2.05) is 30.5 Å². The highest BCUT2D eigenvalue weighted by atomic mass is 35.5. The van der Waals surface area contributed by atoms with Crippen LogP contribution >= 0.6 is 35.0 Å². The number of carbonyl (C=O) groups is 1. The lowest BCUT2D eigenvalue weighted by Crippen LogP contribution is -2.50. The van der Waals surface area contributed by atoms with Crippen LogP contribution in [0.3, 0.4) is 0 Å². The predicted molar refractivity (Wildman–Crippen MR) is 196 cm³/mol. The average molecular weight is 699 g/mol. The lowest BCUT2D eigenvalue weighted by Gasteiger charge is -2.37. The van der Waals surface area contributed by atoms with Crippen LogP contribution in [0.2, 0.25) is 10.0 Å². The van der Waals surface area contributed by atoms with Crippen LogP contribution in [0.15, 0.2) is 114 Å². The smallest absolute Gasteiger partial charge is 0.335 e. The minimum Gasteiger partial charge on any atom is -0.403 e. The summed E-state index contributed by atoms with van der Waals surface area (Å²) in [5.41, 5.74) is 2.98. The topological polar surface area (TPSA) is 58.6 Å². The SMILES string of the molecule is CSc1ncc2c(n1)N(c1cccc(CC(O[Si](c3ccccc3)c3ccccc3)C(C)(C)C)c1)C(=O)N(c1ccc(Cl)cc1Cl)C2. The van der Waals surface area contributed by atoms with Gasteiger partial charge in [-0.2, -0.15) is 0 Å². The number of halogens is 2. The van der Waals surface area contributed by atoms with Crippen LogP contribution in [0.1, 0.15) is 31.9 Å². The highest BCUT2D eigenvalue weighted by molar-refractivity contribution is 7.98. The molecule has 1 aromatic heterocycles. The van der Waals surface area contributed by atoms with Gasteiger partial charge in [0.2, 0.25) is 0 Å². The summed E-state index contributed by atoms with van der Waals surface area (Å²) < 4.78 is 7.15. The van der Waals surface area contributed by atoms with Crippen molar-refractivity contribution in [3.63, 3.8) is 0 Å². The second-order valence-corrected chi connectivity index (χ2v) is 16.1. The van der Waals surface area contributed by atoms with Crippen LogP contribution in [0.25, 0.3) is 0 Å². The van der Waals surface area contributed by atoms with Crippen molar-refractivity contribution < 1.29 is 9.22 Å². The van der Waals surface area contributed by atoms with E-state index in [9.17, 15) is 4.79 Å². The minimum atomic E-state index is -1.54. The maximum Gasteiger partial charge on any atom is 0.335 e. The van der Waals surface area contributed by atoms with Gasteiger partial charge >= 0.3 is 6.03 Å².